The Balaban J connectivity index is 0.000000148. The first-order chi connectivity index (χ1) is 37.4. The highest BCUT2D eigenvalue weighted by Crippen LogP contribution is 2.30. The molecule has 0 unspecified atom stereocenters. The van der Waals surface area contributed by atoms with Crippen LogP contribution in [0.1, 0.15) is 94.2 Å². The van der Waals surface area contributed by atoms with Crippen LogP contribution in [0.15, 0.2) is 194 Å². The molecule has 394 valence electrons. The number of nitrogens with one attached hydrogen (secondary N) is 2. The smallest absolute Gasteiger partial charge is 0.335 e. The third kappa shape index (κ3) is 16.0. The number of carboxylic acids is 2. The first-order valence-corrected chi connectivity index (χ1v) is 26.0. The summed E-state index contributed by atoms with van der Waals surface area (Å²) in [5.74, 6) is -2.11. The molecule has 77 heavy (non-hydrogen) atoms. The average Bonchev–Trinajstić information content (AvgIpc) is 4.24. The molecule has 3 heterocycles. The molecule has 0 saturated heterocycles. The summed E-state index contributed by atoms with van der Waals surface area (Å²) >= 11 is 0. The van der Waals surface area contributed by atoms with Crippen molar-refractivity contribution in [3.8, 4) is 0 Å². The molecule has 12 heteroatoms. The van der Waals surface area contributed by atoms with Gasteiger partial charge in [0.05, 0.1) is 22.5 Å². The van der Waals surface area contributed by atoms with E-state index in [1.54, 1.807) is 54.6 Å². The van der Waals surface area contributed by atoms with E-state index in [4.69, 9.17) is 21.1 Å². The lowest BCUT2D eigenvalue weighted by Crippen LogP contribution is -2.20. The number of nitrogens with zero attached hydrogens (tertiary/aromatic N) is 2. The molecule has 1 amide bonds. The molecule has 7 N–H and O–H groups in total. The number of carbonyl (C=O) groups is 4. The van der Waals surface area contributed by atoms with Crippen molar-refractivity contribution in [2.75, 3.05) is 52.4 Å². The number of rotatable bonds is 12. The molecule has 12 nitrogen and oxygen atoms in total. The number of para-hydroxylation sites is 5. The van der Waals surface area contributed by atoms with E-state index in [1.807, 2.05) is 73.7 Å². The monoisotopic (exact) mass is 1030 g/mol. The number of Topliss-reactive ketones (excluding diaryl/α,β-unsaturated/α-hetero) is 1. The Bertz CT molecular complexity index is 3230. The van der Waals surface area contributed by atoms with Crippen LogP contribution < -0.4 is 26.2 Å². The number of anilines is 5. The van der Waals surface area contributed by atoms with Gasteiger partial charge in [0, 0.05) is 60.9 Å². The van der Waals surface area contributed by atoms with E-state index in [0.717, 1.165) is 75.1 Å². The van der Waals surface area contributed by atoms with Crippen LogP contribution in [-0.2, 0) is 45.2 Å². The highest BCUT2D eigenvalue weighted by atomic mass is 16.4. The number of hydrogen-bond donors (Lipinski definition) is 6. The molecule has 0 spiro atoms. The number of aromatic carboxylic acids is 2. The third-order valence-corrected chi connectivity index (χ3v) is 13.4. The van der Waals surface area contributed by atoms with Gasteiger partial charge in [-0.3, -0.25) is 9.59 Å². The molecule has 0 fully saturated rings. The van der Waals surface area contributed by atoms with Crippen molar-refractivity contribution in [1.82, 2.24) is 0 Å². The molecule has 0 saturated carbocycles. The highest BCUT2D eigenvalue weighted by molar-refractivity contribution is 6.05. The van der Waals surface area contributed by atoms with Crippen molar-refractivity contribution in [2.24, 2.45) is 0 Å². The Morgan fingerprint density at radius 2 is 0.987 bits per heavy atom. The maximum Gasteiger partial charge on any atom is 0.335 e. The predicted molar refractivity (Wildman–Crippen MR) is 310 cm³/mol. The van der Waals surface area contributed by atoms with Crippen LogP contribution in [0.25, 0.3) is 0 Å². The van der Waals surface area contributed by atoms with E-state index in [2.05, 4.69) is 100 Å². The fourth-order valence-electron chi connectivity index (χ4n) is 9.14. The minimum Gasteiger partial charge on any atom is -0.478 e. The van der Waals surface area contributed by atoms with Crippen molar-refractivity contribution >= 4 is 52.1 Å². The van der Waals surface area contributed by atoms with Gasteiger partial charge in [-0.15, -0.1) is 0 Å². The molecule has 0 atom stereocenters. The summed E-state index contributed by atoms with van der Waals surface area (Å²) in [5, 5.41) is 32.3. The summed E-state index contributed by atoms with van der Waals surface area (Å²) in [5.41, 5.74) is 21.6. The molecular weight excluding hydrogens is 963 g/mol. The number of carbonyl (C=O) groups excluding carboxylic acids is 2. The van der Waals surface area contributed by atoms with E-state index >= 15 is 0 Å². The Labute approximate surface area is 451 Å². The molecule has 3 aliphatic heterocycles. The predicted octanol–water partition coefficient (Wildman–Crippen LogP) is 12.1. The van der Waals surface area contributed by atoms with Crippen LogP contribution in [0.5, 0.6) is 0 Å². The zero-order chi connectivity index (χ0) is 54.5. The zero-order valence-corrected chi connectivity index (χ0v) is 43.7. The largest absolute Gasteiger partial charge is 0.478 e. The molecule has 0 radical (unpaired) electrons. The van der Waals surface area contributed by atoms with Gasteiger partial charge in [0.25, 0.3) is 5.91 Å². The lowest BCUT2D eigenvalue weighted by molar-refractivity contribution is 0.0686. The molecule has 3 aliphatic rings. The fraction of sp³-hybridized carbons (Fsp3) is 0.200. The van der Waals surface area contributed by atoms with Gasteiger partial charge in [0.1, 0.15) is 6.61 Å². The summed E-state index contributed by atoms with van der Waals surface area (Å²) in [6, 6.07) is 61.8. The van der Waals surface area contributed by atoms with E-state index in [-0.39, 0.29) is 11.7 Å². The zero-order valence-electron chi connectivity index (χ0n) is 43.7. The van der Waals surface area contributed by atoms with Crippen LogP contribution in [0.4, 0.5) is 28.4 Å². The number of aliphatic hydroxyl groups is 1. The number of carboxylic acid groups (broad SMARTS) is 2. The van der Waals surface area contributed by atoms with E-state index in [9.17, 15) is 19.2 Å². The van der Waals surface area contributed by atoms with Gasteiger partial charge in [-0.25, -0.2) is 9.59 Å². The Kier molecular flexibility index (Phi) is 20.3. The number of ketones is 1. The highest BCUT2D eigenvalue weighted by Gasteiger charge is 2.20. The second-order valence-electron chi connectivity index (χ2n) is 18.7. The van der Waals surface area contributed by atoms with E-state index in [0.29, 0.717) is 33.6 Å². The topological polar surface area (TPSA) is 186 Å². The van der Waals surface area contributed by atoms with Gasteiger partial charge >= 0.3 is 11.9 Å². The lowest BCUT2D eigenvalue weighted by atomic mass is 10.1. The number of hydrogen-bond acceptors (Lipinski definition) is 9. The van der Waals surface area contributed by atoms with Gasteiger partial charge in [-0.05, 0) is 138 Å². The number of aryl methyl sites for hydroxylation is 2. The number of amides is 1. The second kappa shape index (κ2) is 28.1. The third-order valence-electron chi connectivity index (χ3n) is 13.4. The average molecular weight is 1030 g/mol. The van der Waals surface area contributed by atoms with Crippen molar-refractivity contribution in [3.05, 3.63) is 255 Å². The number of fused-ring (bicyclic) bond motifs is 3. The van der Waals surface area contributed by atoms with Gasteiger partial charge < -0.3 is 41.5 Å². The maximum atomic E-state index is 12.6. The molecule has 8 aromatic rings. The van der Waals surface area contributed by atoms with Crippen LogP contribution in [0, 0.1) is 0 Å². The maximum absolute atomic E-state index is 12.6. The van der Waals surface area contributed by atoms with E-state index < -0.39 is 18.5 Å². The number of aliphatic hydroxyl groups excluding tert-OH is 1. The van der Waals surface area contributed by atoms with Crippen LogP contribution in [0.3, 0.4) is 0 Å². The number of nitrogen functional groups attached to an aromatic ring is 1. The SMILES string of the molecule is CCc1ccc(C(=O)CO)cc1.CCc1ccc(C(=O)O)cc1.Nc1ccccc1NC(=O)c1cccc(CN2CCc3ccccc32)c1.O=C(O)c1cccc(CN2CCc3ccccc32)c1.c1ccc2c(c1)CCN2. The lowest BCUT2D eigenvalue weighted by Gasteiger charge is -2.19. The normalized spacial score (nSPS) is 12.2. The second-order valence-corrected chi connectivity index (χ2v) is 18.7. The minimum absolute atomic E-state index is 0.147. The number of benzene rings is 8. The van der Waals surface area contributed by atoms with Gasteiger partial charge in [-0.1, -0.05) is 141 Å². The standard InChI is InChI=1S/C22H21N3O.C16H15NO2.C10H12O2.C9H10O2.C8H9N/c23-19-9-2-3-10-20(19)24-22(26)18-8-5-6-16(14-18)15-25-13-12-17-7-1-4-11-21(17)25;18-16(19)14-6-3-4-12(10-14)11-17-9-8-13-5-1-2-7-15(13)17;1-2-8-3-5-9(6-4-8)10(12)7-11;1-2-7-3-5-8(6-4-7)9(10)11;1-2-4-8-7(3-1)5-6-9-8/h1-11,14H,12-13,15,23H2,(H,24,26);1-7,10H,8-9,11H2,(H,18,19);3-6,11H,2,7H2,1H3;3-6H,2H2,1H3,(H,10,11);1-4,9H,5-6H2. The minimum atomic E-state index is -0.872. The summed E-state index contributed by atoms with van der Waals surface area (Å²) in [7, 11) is 0. The van der Waals surface area contributed by atoms with Crippen molar-refractivity contribution in [1.29, 1.82) is 0 Å². The summed E-state index contributed by atoms with van der Waals surface area (Å²) < 4.78 is 0. The quantitative estimate of drug-likeness (QED) is 0.0505. The summed E-state index contributed by atoms with van der Waals surface area (Å²) in [4.78, 5) is 49.6. The van der Waals surface area contributed by atoms with Crippen LogP contribution >= 0.6 is 0 Å². The van der Waals surface area contributed by atoms with Crippen LogP contribution in [-0.4, -0.2) is 65.2 Å². The summed E-state index contributed by atoms with van der Waals surface area (Å²) in [6.45, 7) is 8.36. The Hall–Kier alpha value is -9.00. The molecular formula is C65H67N5O7. The molecule has 0 aliphatic carbocycles. The fourth-order valence-corrected chi connectivity index (χ4v) is 9.14. The molecule has 8 aromatic carbocycles. The molecule has 11 rings (SSSR count). The van der Waals surface area contributed by atoms with Gasteiger partial charge in [0.15, 0.2) is 5.78 Å². The first-order valence-electron chi connectivity index (χ1n) is 26.0. The van der Waals surface area contributed by atoms with Crippen LogP contribution in [0.2, 0.25) is 0 Å². The number of nitrogens with two attached hydrogens (primary N) is 1. The van der Waals surface area contributed by atoms with Crippen molar-refractivity contribution in [3.63, 3.8) is 0 Å². The Morgan fingerprint density at radius 3 is 1.51 bits per heavy atom. The Morgan fingerprint density at radius 1 is 0.506 bits per heavy atom. The van der Waals surface area contributed by atoms with Gasteiger partial charge in [-0.2, -0.15) is 0 Å². The first kappa shape index (κ1) is 55.7. The molecule has 0 aromatic heterocycles. The van der Waals surface area contributed by atoms with Crippen molar-refractivity contribution in [2.45, 2.75) is 59.0 Å². The molecule has 0 bridgehead atoms. The summed E-state index contributed by atoms with van der Waals surface area (Å²) in [6.07, 6.45) is 5.24. The van der Waals surface area contributed by atoms with Gasteiger partial charge in [0.2, 0.25) is 0 Å². The van der Waals surface area contributed by atoms with E-state index in [1.165, 1.54) is 45.7 Å². The van der Waals surface area contributed by atoms with Crippen molar-refractivity contribution < 1.29 is 34.5 Å².